The fourth-order valence-corrected chi connectivity index (χ4v) is 4.77. The van der Waals surface area contributed by atoms with Crippen molar-refractivity contribution < 1.29 is 0 Å². The molecule has 0 saturated carbocycles. The van der Waals surface area contributed by atoms with Gasteiger partial charge in [-0.2, -0.15) is 0 Å². The first kappa shape index (κ1) is 17.1. The summed E-state index contributed by atoms with van der Waals surface area (Å²) >= 11 is 0. The van der Waals surface area contributed by atoms with Gasteiger partial charge in [0.15, 0.2) is 0 Å². The Bertz CT molecular complexity index is 1070. The number of aromatic amines is 1. The van der Waals surface area contributed by atoms with Crippen LogP contribution in [0.5, 0.6) is 0 Å². The van der Waals surface area contributed by atoms with Gasteiger partial charge in [0.2, 0.25) is 0 Å². The Labute approximate surface area is 163 Å². The van der Waals surface area contributed by atoms with Crippen molar-refractivity contribution in [2.24, 2.45) is 0 Å². The first-order valence-electron chi connectivity index (χ1n) is 9.86. The SMILES string of the molecule is Cc1cnccc1N1CCC2(CCc3c2nc(-c2cccnc2)[nH]c3=O)CC1. The summed E-state index contributed by atoms with van der Waals surface area (Å²) in [4.78, 5) is 31.5. The second-order valence-corrected chi connectivity index (χ2v) is 7.91. The zero-order valence-corrected chi connectivity index (χ0v) is 16.0. The van der Waals surface area contributed by atoms with E-state index in [2.05, 4.69) is 32.8 Å². The van der Waals surface area contributed by atoms with Gasteiger partial charge in [-0.3, -0.25) is 14.8 Å². The first-order chi connectivity index (χ1) is 13.7. The van der Waals surface area contributed by atoms with Crippen LogP contribution in [0.3, 0.4) is 0 Å². The van der Waals surface area contributed by atoms with Crippen LogP contribution < -0.4 is 10.5 Å². The van der Waals surface area contributed by atoms with Crippen LogP contribution in [0.4, 0.5) is 5.69 Å². The van der Waals surface area contributed by atoms with Gasteiger partial charge in [-0.15, -0.1) is 0 Å². The summed E-state index contributed by atoms with van der Waals surface area (Å²) in [5, 5.41) is 0. The molecule has 4 heterocycles. The molecule has 6 heteroatoms. The smallest absolute Gasteiger partial charge is 0.254 e. The summed E-state index contributed by atoms with van der Waals surface area (Å²) in [6, 6.07) is 5.90. The number of nitrogens with one attached hydrogen (secondary N) is 1. The maximum Gasteiger partial charge on any atom is 0.254 e. The van der Waals surface area contributed by atoms with Gasteiger partial charge in [0.25, 0.3) is 5.56 Å². The summed E-state index contributed by atoms with van der Waals surface area (Å²) < 4.78 is 0. The third-order valence-electron chi connectivity index (χ3n) is 6.36. The molecule has 1 N–H and O–H groups in total. The van der Waals surface area contributed by atoms with Crippen LogP contribution in [0.25, 0.3) is 11.4 Å². The lowest BCUT2D eigenvalue weighted by molar-refractivity contribution is 0.323. The summed E-state index contributed by atoms with van der Waals surface area (Å²) in [7, 11) is 0. The maximum absolute atomic E-state index is 12.7. The van der Waals surface area contributed by atoms with E-state index in [9.17, 15) is 4.79 Å². The molecule has 3 aromatic rings. The highest BCUT2D eigenvalue weighted by molar-refractivity contribution is 5.55. The van der Waals surface area contributed by atoms with E-state index in [0.717, 1.165) is 55.6 Å². The molecule has 0 unspecified atom stereocenters. The molecule has 1 fully saturated rings. The second kappa shape index (κ2) is 6.55. The number of hydrogen-bond acceptors (Lipinski definition) is 5. The van der Waals surface area contributed by atoms with Crippen LogP contribution in [0.1, 0.15) is 36.1 Å². The van der Waals surface area contributed by atoms with E-state index in [4.69, 9.17) is 4.98 Å². The van der Waals surface area contributed by atoms with Crippen LogP contribution in [0.2, 0.25) is 0 Å². The number of aryl methyl sites for hydroxylation is 1. The molecule has 142 valence electrons. The van der Waals surface area contributed by atoms with Crippen LogP contribution in [-0.2, 0) is 11.8 Å². The Balaban J connectivity index is 1.48. The van der Waals surface area contributed by atoms with Crippen LogP contribution >= 0.6 is 0 Å². The molecular weight excluding hydrogens is 350 g/mol. The fraction of sp³-hybridized carbons (Fsp3) is 0.364. The number of hydrogen-bond donors (Lipinski definition) is 1. The summed E-state index contributed by atoms with van der Waals surface area (Å²) in [5.74, 6) is 0.630. The standard InChI is InChI=1S/C22H23N5O/c1-15-13-24-10-5-18(15)27-11-7-22(8-12-27)6-4-17-19(22)25-20(26-21(17)28)16-3-2-9-23-14-16/h2-3,5,9-10,13-14H,4,6-8,11-12H2,1H3,(H,25,26,28). The maximum atomic E-state index is 12.7. The van der Waals surface area contributed by atoms with Crippen LogP contribution in [0.15, 0.2) is 47.8 Å². The van der Waals surface area contributed by atoms with Crippen LogP contribution in [-0.4, -0.2) is 33.0 Å². The number of piperidine rings is 1. The molecule has 6 nitrogen and oxygen atoms in total. The van der Waals surface area contributed by atoms with E-state index in [1.54, 1.807) is 12.4 Å². The third kappa shape index (κ3) is 2.71. The molecule has 0 amide bonds. The summed E-state index contributed by atoms with van der Waals surface area (Å²) in [6.45, 7) is 4.06. The molecule has 1 aliphatic carbocycles. The predicted molar refractivity (Wildman–Crippen MR) is 109 cm³/mol. The van der Waals surface area contributed by atoms with E-state index in [1.807, 2.05) is 24.5 Å². The molecule has 1 aliphatic heterocycles. The Hall–Kier alpha value is -3.02. The minimum absolute atomic E-state index is 0.00753. The van der Waals surface area contributed by atoms with Gasteiger partial charge >= 0.3 is 0 Å². The highest BCUT2D eigenvalue weighted by atomic mass is 16.1. The highest BCUT2D eigenvalue weighted by Crippen LogP contribution is 2.45. The van der Waals surface area contributed by atoms with Gasteiger partial charge in [0.1, 0.15) is 5.82 Å². The lowest BCUT2D eigenvalue weighted by atomic mass is 9.76. The quantitative estimate of drug-likeness (QED) is 0.747. The van der Waals surface area contributed by atoms with Crippen molar-refractivity contribution in [3.05, 3.63) is 70.2 Å². The zero-order chi connectivity index (χ0) is 19.1. The highest BCUT2D eigenvalue weighted by Gasteiger charge is 2.44. The minimum Gasteiger partial charge on any atom is -0.371 e. The van der Waals surface area contributed by atoms with Gasteiger partial charge in [-0.05, 0) is 56.4 Å². The van der Waals surface area contributed by atoms with Gasteiger partial charge in [-0.1, -0.05) is 0 Å². The average Bonchev–Trinajstić information content (AvgIpc) is 3.08. The molecule has 5 rings (SSSR count). The minimum atomic E-state index is 0.00753. The van der Waals surface area contributed by atoms with E-state index in [0.29, 0.717) is 5.82 Å². The molecule has 3 aromatic heterocycles. The van der Waals surface area contributed by atoms with Gasteiger partial charge in [0, 0.05) is 60.1 Å². The fourth-order valence-electron chi connectivity index (χ4n) is 4.77. The van der Waals surface area contributed by atoms with Crippen molar-refractivity contribution in [1.82, 2.24) is 19.9 Å². The Morgan fingerprint density at radius 3 is 2.64 bits per heavy atom. The van der Waals surface area contributed by atoms with E-state index in [-0.39, 0.29) is 11.0 Å². The van der Waals surface area contributed by atoms with Crippen LogP contribution in [0, 0.1) is 6.92 Å². The third-order valence-corrected chi connectivity index (χ3v) is 6.36. The first-order valence-corrected chi connectivity index (χ1v) is 9.86. The summed E-state index contributed by atoms with van der Waals surface area (Å²) in [5.41, 5.74) is 5.24. The summed E-state index contributed by atoms with van der Waals surface area (Å²) in [6.07, 6.45) is 11.1. The molecule has 2 aliphatic rings. The van der Waals surface area contributed by atoms with Crippen molar-refractivity contribution in [1.29, 1.82) is 0 Å². The number of rotatable bonds is 2. The Morgan fingerprint density at radius 1 is 1.07 bits per heavy atom. The van der Waals surface area contributed by atoms with Gasteiger partial charge < -0.3 is 9.88 Å². The largest absolute Gasteiger partial charge is 0.371 e. The van der Waals surface area contributed by atoms with Crippen molar-refractivity contribution in [3.63, 3.8) is 0 Å². The van der Waals surface area contributed by atoms with Crippen molar-refractivity contribution >= 4 is 5.69 Å². The number of anilines is 1. The molecule has 0 bridgehead atoms. The van der Waals surface area contributed by atoms with Crippen molar-refractivity contribution in [2.75, 3.05) is 18.0 Å². The Morgan fingerprint density at radius 2 is 1.89 bits per heavy atom. The molecule has 0 radical (unpaired) electrons. The zero-order valence-electron chi connectivity index (χ0n) is 16.0. The van der Waals surface area contributed by atoms with E-state index in [1.165, 1.54) is 11.3 Å². The van der Waals surface area contributed by atoms with Crippen molar-refractivity contribution in [2.45, 2.75) is 38.0 Å². The second-order valence-electron chi connectivity index (χ2n) is 7.91. The number of pyridine rings is 2. The Kier molecular flexibility index (Phi) is 4.00. The van der Waals surface area contributed by atoms with E-state index >= 15 is 0 Å². The molecule has 0 aromatic carbocycles. The van der Waals surface area contributed by atoms with Gasteiger partial charge in [-0.25, -0.2) is 4.98 Å². The molecule has 0 atom stereocenters. The lowest BCUT2D eigenvalue weighted by Gasteiger charge is -2.41. The topological polar surface area (TPSA) is 74.8 Å². The molecule has 28 heavy (non-hydrogen) atoms. The molecular formula is C22H23N5O. The lowest BCUT2D eigenvalue weighted by Crippen LogP contribution is -2.42. The number of H-pyrrole nitrogens is 1. The number of aromatic nitrogens is 4. The van der Waals surface area contributed by atoms with Gasteiger partial charge in [0.05, 0.1) is 5.69 Å². The monoisotopic (exact) mass is 373 g/mol. The molecule has 1 spiro atoms. The number of nitrogens with zero attached hydrogens (tertiary/aromatic N) is 4. The average molecular weight is 373 g/mol. The number of fused-ring (bicyclic) bond motifs is 2. The molecule has 1 saturated heterocycles. The van der Waals surface area contributed by atoms with E-state index < -0.39 is 0 Å². The van der Waals surface area contributed by atoms with Crippen molar-refractivity contribution in [3.8, 4) is 11.4 Å². The normalized spacial score (nSPS) is 17.7. The predicted octanol–water partition coefficient (Wildman–Crippen LogP) is 3.02.